The van der Waals surface area contributed by atoms with E-state index in [1.165, 1.54) is 0 Å². The number of aromatic nitrogens is 1. The van der Waals surface area contributed by atoms with Crippen molar-refractivity contribution in [2.24, 2.45) is 0 Å². The van der Waals surface area contributed by atoms with Gasteiger partial charge in [-0.05, 0) is 18.8 Å². The summed E-state index contributed by atoms with van der Waals surface area (Å²) in [5, 5.41) is 0. The van der Waals surface area contributed by atoms with E-state index in [1.54, 1.807) is 13.3 Å². The highest BCUT2D eigenvalue weighted by atomic mass is 16.5. The zero-order valence-electron chi connectivity index (χ0n) is 9.49. The minimum atomic E-state index is 0.355. The predicted octanol–water partition coefficient (Wildman–Crippen LogP) is 2.75. The van der Waals surface area contributed by atoms with Gasteiger partial charge in [0.15, 0.2) is 11.5 Å². The first-order valence-corrected chi connectivity index (χ1v) is 5.42. The van der Waals surface area contributed by atoms with E-state index in [9.17, 15) is 0 Å². The number of pyridine rings is 1. The smallest absolute Gasteiger partial charge is 0.183 e. The molecule has 82 valence electrons. The fourth-order valence-corrected chi connectivity index (χ4v) is 1.49. The number of rotatable bonds is 4. The van der Waals surface area contributed by atoms with E-state index in [4.69, 9.17) is 9.47 Å². The zero-order chi connectivity index (χ0) is 10.8. The Morgan fingerprint density at radius 1 is 1.40 bits per heavy atom. The first-order chi connectivity index (χ1) is 7.22. The number of ether oxygens (including phenoxy) is 2. The minimum Gasteiger partial charge on any atom is -0.493 e. The number of methoxy groups -OCH3 is 1. The Balaban J connectivity index is 2.34. The Bertz CT molecular complexity index is 345. The molecule has 0 aromatic carbocycles. The molecule has 2 rings (SSSR count). The summed E-state index contributed by atoms with van der Waals surface area (Å²) in [6.45, 7) is 4.23. The summed E-state index contributed by atoms with van der Waals surface area (Å²) in [5.74, 6) is 1.98. The van der Waals surface area contributed by atoms with Gasteiger partial charge in [0.25, 0.3) is 0 Å². The van der Waals surface area contributed by atoms with Gasteiger partial charge in [-0.3, -0.25) is 4.98 Å². The van der Waals surface area contributed by atoms with Crippen LogP contribution in [-0.2, 0) is 0 Å². The van der Waals surface area contributed by atoms with Gasteiger partial charge in [0.1, 0.15) is 0 Å². The van der Waals surface area contributed by atoms with E-state index in [-0.39, 0.29) is 0 Å². The standard InChI is InChI=1S/C12H17NO2/c1-8(2)11-12(15-9-4-5-9)10(14-3)6-7-13-11/h6-9H,4-5H2,1-3H3. The van der Waals surface area contributed by atoms with Crippen LogP contribution in [0.5, 0.6) is 11.5 Å². The van der Waals surface area contributed by atoms with Gasteiger partial charge in [0.2, 0.25) is 0 Å². The summed E-state index contributed by atoms with van der Waals surface area (Å²) in [7, 11) is 1.67. The molecule has 0 amide bonds. The largest absolute Gasteiger partial charge is 0.493 e. The van der Waals surface area contributed by atoms with E-state index in [2.05, 4.69) is 18.8 Å². The van der Waals surface area contributed by atoms with Gasteiger partial charge in [-0.2, -0.15) is 0 Å². The molecule has 0 bridgehead atoms. The van der Waals surface area contributed by atoms with Crippen LogP contribution in [0.1, 0.15) is 38.3 Å². The molecule has 0 aliphatic heterocycles. The van der Waals surface area contributed by atoms with Crippen LogP contribution >= 0.6 is 0 Å². The highest BCUT2D eigenvalue weighted by Crippen LogP contribution is 2.37. The maximum atomic E-state index is 5.85. The quantitative estimate of drug-likeness (QED) is 0.760. The molecule has 3 nitrogen and oxygen atoms in total. The van der Waals surface area contributed by atoms with Crippen molar-refractivity contribution in [2.75, 3.05) is 7.11 Å². The second kappa shape index (κ2) is 4.09. The van der Waals surface area contributed by atoms with E-state index >= 15 is 0 Å². The third-order valence-electron chi connectivity index (χ3n) is 2.47. The fraction of sp³-hybridized carbons (Fsp3) is 0.583. The van der Waals surface area contributed by atoms with Crippen LogP contribution in [0.25, 0.3) is 0 Å². The molecule has 1 saturated carbocycles. The van der Waals surface area contributed by atoms with Crippen LogP contribution in [0.4, 0.5) is 0 Å². The Labute approximate surface area is 90.4 Å². The van der Waals surface area contributed by atoms with Gasteiger partial charge in [-0.15, -0.1) is 0 Å². The second-order valence-electron chi connectivity index (χ2n) is 4.20. The normalized spacial score (nSPS) is 15.5. The van der Waals surface area contributed by atoms with E-state index < -0.39 is 0 Å². The average Bonchev–Trinajstić information content (AvgIpc) is 3.01. The van der Waals surface area contributed by atoms with E-state index in [0.29, 0.717) is 12.0 Å². The molecule has 0 spiro atoms. The van der Waals surface area contributed by atoms with Crippen molar-refractivity contribution in [1.29, 1.82) is 0 Å². The SMILES string of the molecule is COc1ccnc(C(C)C)c1OC1CC1. The van der Waals surface area contributed by atoms with Crippen molar-refractivity contribution >= 4 is 0 Å². The maximum Gasteiger partial charge on any atom is 0.183 e. The lowest BCUT2D eigenvalue weighted by Crippen LogP contribution is -2.05. The van der Waals surface area contributed by atoms with Crippen LogP contribution in [0, 0.1) is 0 Å². The summed E-state index contributed by atoms with van der Waals surface area (Å²) < 4.78 is 11.2. The summed E-state index contributed by atoms with van der Waals surface area (Å²) >= 11 is 0. The molecule has 0 unspecified atom stereocenters. The molecule has 15 heavy (non-hydrogen) atoms. The van der Waals surface area contributed by atoms with Gasteiger partial charge < -0.3 is 9.47 Å². The third-order valence-corrected chi connectivity index (χ3v) is 2.47. The Kier molecular flexibility index (Phi) is 2.80. The van der Waals surface area contributed by atoms with Gasteiger partial charge in [-0.1, -0.05) is 13.8 Å². The summed E-state index contributed by atoms with van der Waals surface area (Å²) in [6, 6.07) is 1.85. The fourth-order valence-electron chi connectivity index (χ4n) is 1.49. The molecule has 1 aliphatic rings. The van der Waals surface area contributed by atoms with E-state index in [0.717, 1.165) is 30.0 Å². The van der Waals surface area contributed by atoms with Gasteiger partial charge in [0.05, 0.1) is 18.9 Å². The molecule has 0 radical (unpaired) electrons. The van der Waals surface area contributed by atoms with Crippen molar-refractivity contribution in [2.45, 2.75) is 38.7 Å². The van der Waals surface area contributed by atoms with Gasteiger partial charge in [0, 0.05) is 12.3 Å². The maximum absolute atomic E-state index is 5.85. The molecule has 3 heteroatoms. The molecule has 1 fully saturated rings. The zero-order valence-corrected chi connectivity index (χ0v) is 9.49. The van der Waals surface area contributed by atoms with Crippen LogP contribution in [-0.4, -0.2) is 18.2 Å². The number of hydrogen-bond donors (Lipinski definition) is 0. The van der Waals surface area contributed by atoms with Crippen molar-refractivity contribution in [1.82, 2.24) is 4.98 Å². The lowest BCUT2D eigenvalue weighted by molar-refractivity contribution is 0.276. The van der Waals surface area contributed by atoms with Gasteiger partial charge >= 0.3 is 0 Å². The Morgan fingerprint density at radius 2 is 2.13 bits per heavy atom. The number of nitrogens with zero attached hydrogens (tertiary/aromatic N) is 1. The monoisotopic (exact) mass is 207 g/mol. The summed E-state index contributed by atoms with van der Waals surface area (Å²) in [5.41, 5.74) is 0.987. The van der Waals surface area contributed by atoms with Crippen molar-refractivity contribution in [3.05, 3.63) is 18.0 Å². The summed E-state index contributed by atoms with van der Waals surface area (Å²) in [4.78, 5) is 4.36. The molecular formula is C12H17NO2. The first kappa shape index (κ1) is 10.3. The van der Waals surface area contributed by atoms with Gasteiger partial charge in [-0.25, -0.2) is 0 Å². The Morgan fingerprint density at radius 3 is 2.67 bits per heavy atom. The second-order valence-corrected chi connectivity index (χ2v) is 4.20. The van der Waals surface area contributed by atoms with E-state index in [1.807, 2.05) is 6.07 Å². The molecule has 1 aromatic heterocycles. The minimum absolute atomic E-state index is 0.355. The van der Waals surface area contributed by atoms with Crippen molar-refractivity contribution < 1.29 is 9.47 Å². The average molecular weight is 207 g/mol. The number of hydrogen-bond acceptors (Lipinski definition) is 3. The Hall–Kier alpha value is -1.25. The predicted molar refractivity (Wildman–Crippen MR) is 58.5 cm³/mol. The van der Waals surface area contributed by atoms with Crippen LogP contribution in [0.3, 0.4) is 0 Å². The van der Waals surface area contributed by atoms with Crippen LogP contribution < -0.4 is 9.47 Å². The van der Waals surface area contributed by atoms with Crippen molar-refractivity contribution in [3.63, 3.8) is 0 Å². The molecule has 1 aromatic rings. The molecule has 0 atom stereocenters. The molecule has 0 N–H and O–H groups in total. The highest BCUT2D eigenvalue weighted by molar-refractivity contribution is 5.44. The third kappa shape index (κ3) is 2.22. The molecule has 0 saturated heterocycles. The molecule has 1 heterocycles. The topological polar surface area (TPSA) is 31.4 Å². The molecule has 1 aliphatic carbocycles. The van der Waals surface area contributed by atoms with Crippen molar-refractivity contribution in [3.8, 4) is 11.5 Å². The first-order valence-electron chi connectivity index (χ1n) is 5.42. The lowest BCUT2D eigenvalue weighted by Gasteiger charge is -2.15. The van der Waals surface area contributed by atoms with Crippen LogP contribution in [0.15, 0.2) is 12.3 Å². The summed E-state index contributed by atoms with van der Waals surface area (Å²) in [6.07, 6.45) is 4.44. The lowest BCUT2D eigenvalue weighted by atomic mass is 10.1. The highest BCUT2D eigenvalue weighted by Gasteiger charge is 2.27. The van der Waals surface area contributed by atoms with Crippen LogP contribution in [0.2, 0.25) is 0 Å². The molecular weight excluding hydrogens is 190 g/mol.